The summed E-state index contributed by atoms with van der Waals surface area (Å²) in [6.07, 6.45) is 12.7. The van der Waals surface area contributed by atoms with Crippen LogP contribution in [-0.2, 0) is 4.43 Å². The van der Waals surface area contributed by atoms with E-state index in [-0.39, 0.29) is 0 Å². The zero-order valence-electron chi connectivity index (χ0n) is 18.6. The standard InChI is InChI=1S/C23H36N4OSi/c1-5-8-14-29(15-9-6-2,16-10-7-3)28-17-20(4)12-11-13-21-22-23(26-18-24-21)27-19-25-22/h12,18-19H,5-10,14-17H2,1-4H3,(H,24,25,26,27)/b20-12+. The molecule has 2 aromatic rings. The van der Waals surface area contributed by atoms with Gasteiger partial charge in [-0.2, -0.15) is 0 Å². The van der Waals surface area contributed by atoms with Gasteiger partial charge in [0.2, 0.25) is 0 Å². The first-order chi connectivity index (χ1) is 14.1. The number of allylic oxidation sites excluding steroid dienone is 1. The lowest BCUT2D eigenvalue weighted by molar-refractivity contribution is 0.325. The van der Waals surface area contributed by atoms with Gasteiger partial charge >= 0.3 is 0 Å². The summed E-state index contributed by atoms with van der Waals surface area (Å²) in [5.74, 6) is 6.25. The lowest BCUT2D eigenvalue weighted by atomic mass is 10.3. The minimum Gasteiger partial charge on any atom is -0.413 e. The second kappa shape index (κ2) is 12.6. The van der Waals surface area contributed by atoms with Crippen LogP contribution >= 0.6 is 0 Å². The maximum absolute atomic E-state index is 6.72. The van der Waals surface area contributed by atoms with E-state index in [9.17, 15) is 0 Å². The molecule has 0 aromatic carbocycles. The van der Waals surface area contributed by atoms with E-state index in [4.69, 9.17) is 4.43 Å². The van der Waals surface area contributed by atoms with Crippen LogP contribution in [0.1, 0.15) is 71.9 Å². The maximum Gasteiger partial charge on any atom is 0.193 e. The molecule has 0 fully saturated rings. The first-order valence-corrected chi connectivity index (χ1v) is 13.6. The van der Waals surface area contributed by atoms with Crippen LogP contribution in [0.25, 0.3) is 11.2 Å². The molecule has 6 heteroatoms. The molecule has 158 valence electrons. The van der Waals surface area contributed by atoms with Crippen LogP contribution in [0.2, 0.25) is 18.1 Å². The van der Waals surface area contributed by atoms with Gasteiger partial charge in [0.05, 0.1) is 12.9 Å². The van der Waals surface area contributed by atoms with Gasteiger partial charge in [0.1, 0.15) is 17.5 Å². The van der Waals surface area contributed by atoms with Crippen molar-refractivity contribution in [2.24, 2.45) is 0 Å². The van der Waals surface area contributed by atoms with Crippen molar-refractivity contribution in [2.45, 2.75) is 84.4 Å². The van der Waals surface area contributed by atoms with Crippen molar-refractivity contribution in [3.05, 3.63) is 30.0 Å². The Labute approximate surface area is 176 Å². The van der Waals surface area contributed by atoms with E-state index in [0.717, 1.165) is 5.52 Å². The van der Waals surface area contributed by atoms with E-state index >= 15 is 0 Å². The van der Waals surface area contributed by atoms with E-state index in [1.807, 2.05) is 6.08 Å². The molecule has 0 spiro atoms. The van der Waals surface area contributed by atoms with Crippen molar-refractivity contribution in [3.8, 4) is 11.8 Å². The zero-order chi connectivity index (χ0) is 21.0. The second-order valence-corrected chi connectivity index (χ2v) is 12.0. The lowest BCUT2D eigenvalue weighted by Gasteiger charge is -2.32. The molecule has 0 aliphatic carbocycles. The average molecular weight is 413 g/mol. The topological polar surface area (TPSA) is 63.7 Å². The van der Waals surface area contributed by atoms with Crippen LogP contribution in [0.3, 0.4) is 0 Å². The van der Waals surface area contributed by atoms with Crippen molar-refractivity contribution in [3.63, 3.8) is 0 Å². The van der Waals surface area contributed by atoms with Crippen LogP contribution in [0.5, 0.6) is 0 Å². The molecule has 0 bridgehead atoms. The Morgan fingerprint density at radius 2 is 1.69 bits per heavy atom. The first-order valence-electron chi connectivity index (χ1n) is 11.1. The summed E-state index contributed by atoms with van der Waals surface area (Å²) in [4.78, 5) is 15.6. The quantitative estimate of drug-likeness (QED) is 0.342. The van der Waals surface area contributed by atoms with Crippen LogP contribution in [0.15, 0.2) is 24.3 Å². The van der Waals surface area contributed by atoms with Crippen LogP contribution in [-0.4, -0.2) is 34.9 Å². The summed E-state index contributed by atoms with van der Waals surface area (Å²) in [6, 6.07) is 3.88. The molecule has 2 heterocycles. The molecule has 2 aromatic heterocycles. The van der Waals surface area contributed by atoms with Crippen LogP contribution < -0.4 is 0 Å². The van der Waals surface area contributed by atoms with Crippen molar-refractivity contribution < 1.29 is 4.43 Å². The number of aromatic nitrogens is 4. The highest BCUT2D eigenvalue weighted by Crippen LogP contribution is 2.30. The maximum atomic E-state index is 6.72. The monoisotopic (exact) mass is 412 g/mol. The smallest absolute Gasteiger partial charge is 0.193 e. The predicted molar refractivity (Wildman–Crippen MR) is 123 cm³/mol. The molecule has 0 amide bonds. The molecule has 0 saturated carbocycles. The third-order valence-corrected chi connectivity index (χ3v) is 9.85. The molecule has 1 N–H and O–H groups in total. The zero-order valence-corrected chi connectivity index (χ0v) is 19.6. The number of imidazole rings is 1. The lowest BCUT2D eigenvalue weighted by Crippen LogP contribution is -2.38. The Morgan fingerprint density at radius 3 is 2.31 bits per heavy atom. The number of unbranched alkanes of at least 4 members (excludes halogenated alkanes) is 3. The molecule has 0 unspecified atom stereocenters. The Morgan fingerprint density at radius 1 is 1.03 bits per heavy atom. The SMILES string of the molecule is CCCC[Si](CCCC)(CCCC)OC/C(C)=C/C#Cc1ncnc2nc[nH]c12. The number of rotatable bonds is 12. The molecule has 0 atom stereocenters. The third-order valence-electron chi connectivity index (χ3n) is 5.30. The normalized spacial score (nSPS) is 12.2. The van der Waals surface area contributed by atoms with E-state index in [1.54, 1.807) is 6.33 Å². The van der Waals surface area contributed by atoms with Gasteiger partial charge in [0.25, 0.3) is 0 Å². The van der Waals surface area contributed by atoms with Crippen molar-refractivity contribution in [1.29, 1.82) is 0 Å². The molecule has 0 radical (unpaired) electrons. The number of hydrogen-bond donors (Lipinski definition) is 1. The third kappa shape index (κ3) is 7.41. The average Bonchev–Trinajstić information content (AvgIpc) is 3.22. The molecule has 5 nitrogen and oxygen atoms in total. The Hall–Kier alpha value is -1.97. The van der Waals surface area contributed by atoms with Crippen LogP contribution in [0.4, 0.5) is 0 Å². The van der Waals surface area contributed by atoms with Crippen molar-refractivity contribution >= 4 is 19.5 Å². The molecule has 2 rings (SSSR count). The first kappa shape index (κ1) is 23.3. The Kier molecular flexibility index (Phi) is 10.1. The van der Waals surface area contributed by atoms with Gasteiger partial charge in [-0.15, -0.1) is 0 Å². The van der Waals surface area contributed by atoms with Crippen molar-refractivity contribution in [1.82, 2.24) is 19.9 Å². The van der Waals surface area contributed by atoms with Gasteiger partial charge in [0.15, 0.2) is 14.0 Å². The highest BCUT2D eigenvalue weighted by Gasteiger charge is 2.33. The number of nitrogens with zero attached hydrogens (tertiary/aromatic N) is 3. The largest absolute Gasteiger partial charge is 0.413 e. The minimum absolute atomic E-state index is 0.645. The summed E-state index contributed by atoms with van der Waals surface area (Å²) < 4.78 is 6.72. The van der Waals surface area contributed by atoms with E-state index in [1.165, 1.54) is 68.6 Å². The second-order valence-electron chi connectivity index (χ2n) is 7.87. The summed E-state index contributed by atoms with van der Waals surface area (Å²) in [6.45, 7) is 9.65. The molecule has 0 aliphatic heterocycles. The fraction of sp³-hybridized carbons (Fsp3) is 0.609. The van der Waals surface area contributed by atoms with Crippen molar-refractivity contribution in [2.75, 3.05) is 6.61 Å². The Balaban J connectivity index is 2.05. The van der Waals surface area contributed by atoms with Gasteiger partial charge in [-0.25, -0.2) is 15.0 Å². The summed E-state index contributed by atoms with van der Waals surface area (Å²) >= 11 is 0. The highest BCUT2D eigenvalue weighted by atomic mass is 28.4. The van der Waals surface area contributed by atoms with Gasteiger partial charge in [0, 0.05) is 0 Å². The van der Waals surface area contributed by atoms with Gasteiger partial charge in [-0.05, 0) is 42.6 Å². The van der Waals surface area contributed by atoms with Gasteiger partial charge in [-0.3, -0.25) is 0 Å². The van der Waals surface area contributed by atoms with Gasteiger partial charge < -0.3 is 9.41 Å². The minimum atomic E-state index is -1.67. The highest BCUT2D eigenvalue weighted by molar-refractivity contribution is 6.73. The van der Waals surface area contributed by atoms with Gasteiger partial charge in [-0.1, -0.05) is 65.2 Å². The number of nitrogens with one attached hydrogen (secondary N) is 1. The molecular weight excluding hydrogens is 376 g/mol. The summed E-state index contributed by atoms with van der Waals surface area (Å²) in [5.41, 5.74) is 3.28. The number of hydrogen-bond acceptors (Lipinski definition) is 4. The van der Waals surface area contributed by atoms with E-state index < -0.39 is 8.32 Å². The summed E-state index contributed by atoms with van der Waals surface area (Å²) in [7, 11) is -1.67. The summed E-state index contributed by atoms with van der Waals surface area (Å²) in [5, 5.41) is 0. The molecular formula is C23H36N4OSi. The van der Waals surface area contributed by atoms with Crippen LogP contribution in [0, 0.1) is 11.8 Å². The molecule has 0 aliphatic rings. The van der Waals surface area contributed by atoms with E-state index in [2.05, 4.69) is 59.5 Å². The molecule has 29 heavy (non-hydrogen) atoms. The fourth-order valence-corrected chi connectivity index (χ4v) is 8.19. The predicted octanol–water partition coefficient (Wildman–Crippen LogP) is 6.01. The number of H-pyrrole nitrogens is 1. The number of fused-ring (bicyclic) bond motifs is 1. The molecule has 0 saturated heterocycles. The van der Waals surface area contributed by atoms with E-state index in [0.29, 0.717) is 17.9 Å². The number of aromatic amines is 1. The fourth-order valence-electron chi connectivity index (χ4n) is 3.48. The Bertz CT molecular complexity index is 812.